The molecule has 3 nitrogen and oxygen atoms in total. The molecule has 2 heterocycles. The van der Waals surface area contributed by atoms with Gasteiger partial charge in [-0.1, -0.05) is 0 Å². The summed E-state index contributed by atoms with van der Waals surface area (Å²) < 4.78 is 3.90. The zero-order valence-electron chi connectivity index (χ0n) is 10.6. The lowest BCUT2D eigenvalue weighted by Crippen LogP contribution is -1.84. The van der Waals surface area contributed by atoms with Crippen molar-refractivity contribution in [2.24, 2.45) is 14.1 Å². The molecule has 0 aliphatic rings. The molecule has 2 aromatic rings. The molecule has 0 amide bonds. The molecule has 3 heteroatoms. The van der Waals surface area contributed by atoms with Crippen LogP contribution in [0.1, 0.15) is 11.1 Å². The first kappa shape index (κ1) is 12.2. The first-order chi connectivity index (χ1) is 8.63. The van der Waals surface area contributed by atoms with E-state index in [1.54, 1.807) is 12.2 Å². The molecular formula is C15H16N2O. The van der Waals surface area contributed by atoms with E-state index in [1.165, 1.54) is 0 Å². The van der Waals surface area contributed by atoms with E-state index < -0.39 is 0 Å². The summed E-state index contributed by atoms with van der Waals surface area (Å²) >= 11 is 0. The summed E-state index contributed by atoms with van der Waals surface area (Å²) in [6.45, 7) is 0. The highest BCUT2D eigenvalue weighted by Crippen LogP contribution is 2.04. The minimum Gasteiger partial charge on any atom is -0.357 e. The maximum Gasteiger partial charge on any atom is 0.178 e. The van der Waals surface area contributed by atoms with Gasteiger partial charge < -0.3 is 9.13 Å². The number of carbonyl (C=O) groups is 1. The van der Waals surface area contributed by atoms with Gasteiger partial charge in [0.1, 0.15) is 0 Å². The number of hydrogen-bond donors (Lipinski definition) is 0. The Labute approximate surface area is 107 Å². The fourth-order valence-corrected chi connectivity index (χ4v) is 1.66. The maximum absolute atomic E-state index is 11.6. The smallest absolute Gasteiger partial charge is 0.178 e. The van der Waals surface area contributed by atoms with Crippen LogP contribution >= 0.6 is 0 Å². The Morgan fingerprint density at radius 3 is 1.72 bits per heavy atom. The summed E-state index contributed by atoms with van der Waals surface area (Å²) in [6.07, 6.45) is 14.6. The Morgan fingerprint density at radius 1 is 0.944 bits per heavy atom. The number of rotatable bonds is 4. The van der Waals surface area contributed by atoms with Gasteiger partial charge in [0, 0.05) is 38.9 Å². The molecule has 0 radical (unpaired) electrons. The van der Waals surface area contributed by atoms with E-state index in [0.717, 1.165) is 11.1 Å². The molecule has 0 aliphatic heterocycles. The van der Waals surface area contributed by atoms with Gasteiger partial charge in [-0.15, -0.1) is 0 Å². The number of carbonyl (C=O) groups excluding carboxylic acids is 1. The van der Waals surface area contributed by atoms with Crippen LogP contribution in [0.2, 0.25) is 0 Å². The normalized spacial score (nSPS) is 11.7. The van der Waals surface area contributed by atoms with Gasteiger partial charge in [-0.25, -0.2) is 0 Å². The van der Waals surface area contributed by atoms with Crippen molar-refractivity contribution in [1.29, 1.82) is 0 Å². The second kappa shape index (κ2) is 5.36. The fraction of sp³-hybridized carbons (Fsp3) is 0.133. The molecule has 0 atom stereocenters. The van der Waals surface area contributed by atoms with Crippen molar-refractivity contribution in [2.75, 3.05) is 0 Å². The average molecular weight is 240 g/mol. The summed E-state index contributed by atoms with van der Waals surface area (Å²) in [7, 11) is 3.91. The topological polar surface area (TPSA) is 26.9 Å². The molecule has 0 saturated heterocycles. The molecule has 0 unspecified atom stereocenters. The molecule has 0 aromatic carbocycles. The Bertz CT molecular complexity index is 547. The van der Waals surface area contributed by atoms with Gasteiger partial charge in [-0.05, 0) is 47.6 Å². The van der Waals surface area contributed by atoms with Gasteiger partial charge in [-0.3, -0.25) is 4.79 Å². The van der Waals surface area contributed by atoms with Crippen molar-refractivity contribution in [2.45, 2.75) is 0 Å². The van der Waals surface area contributed by atoms with Crippen LogP contribution in [0.25, 0.3) is 12.2 Å². The van der Waals surface area contributed by atoms with Crippen molar-refractivity contribution in [3.8, 4) is 0 Å². The Morgan fingerprint density at radius 2 is 1.39 bits per heavy atom. The van der Waals surface area contributed by atoms with Crippen LogP contribution in [-0.2, 0) is 18.9 Å². The summed E-state index contributed by atoms with van der Waals surface area (Å²) in [5.74, 6) is -0.0114. The number of aryl methyl sites for hydroxylation is 2. The lowest BCUT2D eigenvalue weighted by atomic mass is 10.2. The third kappa shape index (κ3) is 3.35. The van der Waals surface area contributed by atoms with Crippen molar-refractivity contribution in [3.05, 3.63) is 60.2 Å². The molecule has 92 valence electrons. The van der Waals surface area contributed by atoms with E-state index in [2.05, 4.69) is 0 Å². The molecule has 0 saturated carbocycles. The quantitative estimate of drug-likeness (QED) is 0.755. The second-order valence-corrected chi connectivity index (χ2v) is 4.29. The van der Waals surface area contributed by atoms with Gasteiger partial charge in [0.2, 0.25) is 0 Å². The SMILES string of the molecule is Cn1ccc(/C=C/C(=O)/C=C/c2ccn(C)c2)c1. The highest BCUT2D eigenvalue weighted by molar-refractivity contribution is 6.04. The molecule has 0 bridgehead atoms. The predicted molar refractivity (Wildman–Crippen MR) is 73.9 cm³/mol. The number of ketones is 1. The molecule has 0 spiro atoms. The second-order valence-electron chi connectivity index (χ2n) is 4.29. The van der Waals surface area contributed by atoms with E-state index in [-0.39, 0.29) is 5.78 Å². The molecule has 18 heavy (non-hydrogen) atoms. The van der Waals surface area contributed by atoms with Crippen molar-refractivity contribution in [3.63, 3.8) is 0 Å². The van der Waals surface area contributed by atoms with Gasteiger partial charge in [-0.2, -0.15) is 0 Å². The van der Waals surface area contributed by atoms with E-state index in [0.29, 0.717) is 0 Å². The van der Waals surface area contributed by atoms with Crippen molar-refractivity contribution >= 4 is 17.9 Å². The largest absolute Gasteiger partial charge is 0.357 e. The Balaban J connectivity index is 1.96. The van der Waals surface area contributed by atoms with Gasteiger partial charge in [0.15, 0.2) is 5.78 Å². The first-order valence-electron chi connectivity index (χ1n) is 5.77. The first-order valence-corrected chi connectivity index (χ1v) is 5.77. The number of aromatic nitrogens is 2. The average Bonchev–Trinajstić information content (AvgIpc) is 2.93. The van der Waals surface area contributed by atoms with Gasteiger partial charge in [0.05, 0.1) is 0 Å². The Kier molecular flexibility index (Phi) is 3.63. The van der Waals surface area contributed by atoms with Crippen molar-refractivity contribution < 1.29 is 4.79 Å². The number of nitrogens with zero attached hydrogens (tertiary/aromatic N) is 2. The highest BCUT2D eigenvalue weighted by Gasteiger charge is 1.93. The molecule has 0 fully saturated rings. The molecule has 0 aliphatic carbocycles. The van der Waals surface area contributed by atoms with Gasteiger partial charge >= 0.3 is 0 Å². The van der Waals surface area contributed by atoms with E-state index in [4.69, 9.17) is 0 Å². The van der Waals surface area contributed by atoms with E-state index in [1.807, 2.05) is 72.3 Å². The van der Waals surface area contributed by atoms with Crippen LogP contribution < -0.4 is 0 Å². The van der Waals surface area contributed by atoms with Crippen molar-refractivity contribution in [1.82, 2.24) is 9.13 Å². The number of hydrogen-bond acceptors (Lipinski definition) is 1. The van der Waals surface area contributed by atoms with Crippen LogP contribution in [0, 0.1) is 0 Å². The van der Waals surface area contributed by atoms with Crippen LogP contribution in [0.15, 0.2) is 49.1 Å². The molecule has 2 aromatic heterocycles. The zero-order valence-corrected chi connectivity index (χ0v) is 10.6. The summed E-state index contributed by atoms with van der Waals surface area (Å²) in [5.41, 5.74) is 2.05. The van der Waals surface area contributed by atoms with Crippen LogP contribution in [0.4, 0.5) is 0 Å². The van der Waals surface area contributed by atoms with E-state index in [9.17, 15) is 4.79 Å². The third-order valence-corrected chi connectivity index (χ3v) is 2.59. The minimum absolute atomic E-state index is 0.0114. The third-order valence-electron chi connectivity index (χ3n) is 2.59. The standard InChI is InChI=1S/C15H16N2O/c1-16-9-7-13(11-16)3-5-15(18)6-4-14-8-10-17(2)12-14/h3-12H,1-2H3/b5-3+,6-4+. The predicted octanol–water partition coefficient (Wildman–Crippen LogP) is 2.66. The molecule has 0 N–H and O–H groups in total. The highest BCUT2D eigenvalue weighted by atomic mass is 16.1. The minimum atomic E-state index is -0.0114. The molecule has 2 rings (SSSR count). The zero-order chi connectivity index (χ0) is 13.0. The summed E-state index contributed by atoms with van der Waals surface area (Å²) in [4.78, 5) is 11.6. The monoisotopic (exact) mass is 240 g/mol. The number of allylic oxidation sites excluding steroid dienone is 2. The van der Waals surface area contributed by atoms with Crippen LogP contribution in [-0.4, -0.2) is 14.9 Å². The maximum atomic E-state index is 11.6. The fourth-order valence-electron chi connectivity index (χ4n) is 1.66. The molecular weight excluding hydrogens is 224 g/mol. The Hall–Kier alpha value is -2.29. The summed E-state index contributed by atoms with van der Waals surface area (Å²) in [5, 5.41) is 0. The lowest BCUT2D eigenvalue weighted by molar-refractivity contribution is -0.110. The summed E-state index contributed by atoms with van der Waals surface area (Å²) in [6, 6.07) is 3.93. The van der Waals surface area contributed by atoms with E-state index >= 15 is 0 Å². The van der Waals surface area contributed by atoms with Gasteiger partial charge in [0.25, 0.3) is 0 Å². The van der Waals surface area contributed by atoms with Crippen LogP contribution in [0.5, 0.6) is 0 Å². The van der Waals surface area contributed by atoms with Crippen LogP contribution in [0.3, 0.4) is 0 Å². The lowest BCUT2D eigenvalue weighted by Gasteiger charge is -1.87.